The van der Waals surface area contributed by atoms with E-state index in [-0.39, 0.29) is 5.91 Å². The summed E-state index contributed by atoms with van der Waals surface area (Å²) in [6.07, 6.45) is 7.49. The van der Waals surface area contributed by atoms with E-state index in [1.165, 1.54) is 18.7 Å². The second kappa shape index (κ2) is 4.80. The summed E-state index contributed by atoms with van der Waals surface area (Å²) < 4.78 is 0.722. The molecule has 0 unspecified atom stereocenters. The van der Waals surface area contributed by atoms with Crippen LogP contribution in [0.1, 0.15) is 10.4 Å². The van der Waals surface area contributed by atoms with E-state index in [0.717, 1.165) is 4.47 Å². The minimum Gasteiger partial charge on any atom is -0.321 e. The van der Waals surface area contributed by atoms with Crippen molar-refractivity contribution in [3.8, 4) is 0 Å². The van der Waals surface area contributed by atoms with Gasteiger partial charge in [0.25, 0.3) is 5.91 Å². The predicted octanol–water partition coefficient (Wildman–Crippen LogP) is 1.89. The quantitative estimate of drug-likeness (QED) is 0.911. The fourth-order valence-corrected chi connectivity index (χ4v) is 1.44. The van der Waals surface area contributed by atoms with Crippen molar-refractivity contribution in [2.24, 2.45) is 0 Å². The number of aromatic nitrogens is 3. The Morgan fingerprint density at radius 3 is 2.62 bits per heavy atom. The van der Waals surface area contributed by atoms with E-state index >= 15 is 0 Å². The number of hydrogen-bond donors (Lipinski definition) is 1. The van der Waals surface area contributed by atoms with Crippen molar-refractivity contribution >= 4 is 27.5 Å². The Bertz CT molecular complexity index is 503. The third kappa shape index (κ3) is 2.40. The topological polar surface area (TPSA) is 67.8 Å². The molecule has 80 valence electrons. The first-order valence-corrected chi connectivity index (χ1v) is 5.22. The molecule has 0 saturated heterocycles. The maximum atomic E-state index is 11.7. The van der Waals surface area contributed by atoms with Crippen molar-refractivity contribution in [2.45, 2.75) is 0 Å². The van der Waals surface area contributed by atoms with Crippen LogP contribution in [-0.2, 0) is 0 Å². The highest BCUT2D eigenvalue weighted by molar-refractivity contribution is 9.10. The molecule has 2 heterocycles. The number of carbonyl (C=O) groups excluding carboxylic acids is 1. The SMILES string of the molecule is O=C(Nc1ccncc1Br)c1cncnc1. The van der Waals surface area contributed by atoms with Gasteiger partial charge in [-0.3, -0.25) is 9.78 Å². The molecule has 1 amide bonds. The summed E-state index contributed by atoms with van der Waals surface area (Å²) >= 11 is 3.29. The Balaban J connectivity index is 2.18. The molecule has 0 atom stereocenters. The summed E-state index contributed by atoms with van der Waals surface area (Å²) in [5, 5.41) is 2.72. The van der Waals surface area contributed by atoms with Crippen LogP contribution < -0.4 is 5.32 Å². The molecule has 5 nitrogen and oxygen atoms in total. The van der Waals surface area contributed by atoms with Crippen LogP contribution in [0.3, 0.4) is 0 Å². The number of amides is 1. The van der Waals surface area contributed by atoms with Gasteiger partial charge in [0, 0.05) is 24.8 Å². The van der Waals surface area contributed by atoms with Crippen molar-refractivity contribution in [1.29, 1.82) is 0 Å². The van der Waals surface area contributed by atoms with Gasteiger partial charge in [0.15, 0.2) is 0 Å². The lowest BCUT2D eigenvalue weighted by Crippen LogP contribution is -2.12. The zero-order valence-corrected chi connectivity index (χ0v) is 9.68. The average molecular weight is 279 g/mol. The second-order valence-corrected chi connectivity index (χ2v) is 3.79. The van der Waals surface area contributed by atoms with Crippen molar-refractivity contribution < 1.29 is 4.79 Å². The highest BCUT2D eigenvalue weighted by Crippen LogP contribution is 2.20. The summed E-state index contributed by atoms with van der Waals surface area (Å²) in [6.45, 7) is 0. The highest BCUT2D eigenvalue weighted by Gasteiger charge is 2.07. The third-order valence-electron chi connectivity index (χ3n) is 1.84. The summed E-state index contributed by atoms with van der Waals surface area (Å²) in [6, 6.07) is 1.70. The fourth-order valence-electron chi connectivity index (χ4n) is 1.09. The van der Waals surface area contributed by atoms with Gasteiger partial charge in [-0.25, -0.2) is 9.97 Å². The van der Waals surface area contributed by atoms with Crippen LogP contribution in [0.4, 0.5) is 5.69 Å². The number of pyridine rings is 1. The number of halogens is 1. The van der Waals surface area contributed by atoms with Crippen LogP contribution >= 0.6 is 15.9 Å². The number of nitrogens with one attached hydrogen (secondary N) is 1. The van der Waals surface area contributed by atoms with E-state index in [2.05, 4.69) is 36.2 Å². The maximum absolute atomic E-state index is 11.7. The lowest BCUT2D eigenvalue weighted by Gasteiger charge is -2.05. The summed E-state index contributed by atoms with van der Waals surface area (Å²) in [4.78, 5) is 23.2. The number of hydrogen-bond acceptors (Lipinski definition) is 4. The van der Waals surface area contributed by atoms with Crippen LogP contribution in [0.25, 0.3) is 0 Å². The first-order valence-electron chi connectivity index (χ1n) is 4.43. The fraction of sp³-hybridized carbons (Fsp3) is 0. The highest BCUT2D eigenvalue weighted by atomic mass is 79.9. The maximum Gasteiger partial charge on any atom is 0.258 e. The predicted molar refractivity (Wildman–Crippen MR) is 61.9 cm³/mol. The number of rotatable bonds is 2. The van der Waals surface area contributed by atoms with E-state index in [4.69, 9.17) is 0 Å². The van der Waals surface area contributed by atoms with Crippen LogP contribution in [0.15, 0.2) is 41.7 Å². The lowest BCUT2D eigenvalue weighted by molar-refractivity contribution is 0.102. The zero-order valence-electron chi connectivity index (χ0n) is 8.09. The minimum atomic E-state index is -0.257. The van der Waals surface area contributed by atoms with Gasteiger partial charge in [-0.15, -0.1) is 0 Å². The van der Waals surface area contributed by atoms with Gasteiger partial charge in [-0.2, -0.15) is 0 Å². The second-order valence-electron chi connectivity index (χ2n) is 2.94. The molecular weight excluding hydrogens is 272 g/mol. The van der Waals surface area contributed by atoms with Gasteiger partial charge in [0.1, 0.15) is 6.33 Å². The van der Waals surface area contributed by atoms with Gasteiger partial charge in [-0.05, 0) is 22.0 Å². The van der Waals surface area contributed by atoms with Crippen LogP contribution in [0.5, 0.6) is 0 Å². The van der Waals surface area contributed by atoms with Crippen LogP contribution in [0.2, 0.25) is 0 Å². The van der Waals surface area contributed by atoms with E-state index in [0.29, 0.717) is 11.3 Å². The first-order chi connectivity index (χ1) is 7.77. The summed E-state index contributed by atoms with van der Waals surface area (Å²) in [5.41, 5.74) is 1.06. The molecule has 0 aliphatic carbocycles. The van der Waals surface area contributed by atoms with Crippen LogP contribution in [0, 0.1) is 0 Å². The Hall–Kier alpha value is -1.82. The zero-order chi connectivity index (χ0) is 11.4. The minimum absolute atomic E-state index is 0.257. The molecular formula is C10H7BrN4O. The number of nitrogens with zero attached hydrogens (tertiary/aromatic N) is 3. The normalized spacial score (nSPS) is 9.81. The molecule has 0 radical (unpaired) electrons. The molecule has 0 spiro atoms. The van der Waals surface area contributed by atoms with Gasteiger partial charge in [-0.1, -0.05) is 0 Å². The largest absolute Gasteiger partial charge is 0.321 e. The molecule has 0 aromatic carbocycles. The molecule has 0 saturated carbocycles. The Labute approximate surface area is 100 Å². The van der Waals surface area contributed by atoms with E-state index in [1.807, 2.05) is 0 Å². The third-order valence-corrected chi connectivity index (χ3v) is 2.48. The summed E-state index contributed by atoms with van der Waals surface area (Å²) in [5.74, 6) is -0.257. The van der Waals surface area contributed by atoms with Gasteiger partial charge in [0.2, 0.25) is 0 Å². The first kappa shape index (κ1) is 10.7. The Morgan fingerprint density at radius 2 is 1.94 bits per heavy atom. The van der Waals surface area contributed by atoms with Crippen molar-refractivity contribution in [3.05, 3.63) is 47.2 Å². The molecule has 6 heteroatoms. The molecule has 2 rings (SSSR count). The monoisotopic (exact) mass is 278 g/mol. The molecule has 0 aliphatic heterocycles. The van der Waals surface area contributed by atoms with E-state index in [9.17, 15) is 4.79 Å². The lowest BCUT2D eigenvalue weighted by atomic mass is 10.3. The standard InChI is InChI=1S/C10H7BrN4O/c11-8-5-12-2-1-9(8)15-10(16)7-3-13-6-14-4-7/h1-6H,(H,12,15,16). The molecule has 1 N–H and O–H groups in total. The molecule has 0 fully saturated rings. The smallest absolute Gasteiger partial charge is 0.258 e. The van der Waals surface area contributed by atoms with Gasteiger partial charge < -0.3 is 5.32 Å². The molecule has 0 aliphatic rings. The number of carbonyl (C=O) groups is 1. The van der Waals surface area contributed by atoms with Gasteiger partial charge >= 0.3 is 0 Å². The van der Waals surface area contributed by atoms with E-state index < -0.39 is 0 Å². The average Bonchev–Trinajstić information content (AvgIpc) is 2.33. The van der Waals surface area contributed by atoms with E-state index in [1.54, 1.807) is 18.5 Å². The molecule has 0 bridgehead atoms. The van der Waals surface area contributed by atoms with Gasteiger partial charge in [0.05, 0.1) is 15.7 Å². The Kier molecular flexibility index (Phi) is 3.21. The Morgan fingerprint density at radius 1 is 1.19 bits per heavy atom. The molecule has 2 aromatic heterocycles. The number of anilines is 1. The summed E-state index contributed by atoms with van der Waals surface area (Å²) in [7, 11) is 0. The molecule has 16 heavy (non-hydrogen) atoms. The molecule has 2 aromatic rings. The van der Waals surface area contributed by atoms with Crippen molar-refractivity contribution in [2.75, 3.05) is 5.32 Å². The van der Waals surface area contributed by atoms with Crippen molar-refractivity contribution in [3.63, 3.8) is 0 Å². The van der Waals surface area contributed by atoms with Crippen molar-refractivity contribution in [1.82, 2.24) is 15.0 Å². The van der Waals surface area contributed by atoms with Crippen LogP contribution in [-0.4, -0.2) is 20.9 Å².